The van der Waals surface area contributed by atoms with Crippen LogP contribution in [-0.2, 0) is 4.79 Å². The van der Waals surface area contributed by atoms with E-state index in [0.29, 0.717) is 30.8 Å². The number of nitrogens with one attached hydrogen (secondary N) is 2. The Morgan fingerprint density at radius 3 is 2.79 bits per heavy atom. The molecule has 1 fully saturated rings. The standard InChI is InChI=1S/C24H32N8O2/c1-18(17-33)32(10-9-25-2)24-27-16-21(34-24)19-5-4-6-20(15-19)28-23-26-8-7-22(29-23)31-13-11-30(3)12-14-31/h4-8,15-18,25H,9-14H2,1-3H3,(H,26,28,29). The number of carbonyl (C=O) groups is 1. The van der Waals surface area contributed by atoms with Gasteiger partial charge in [0.2, 0.25) is 5.95 Å². The maximum Gasteiger partial charge on any atom is 0.298 e. The van der Waals surface area contributed by atoms with Crippen LogP contribution in [-0.4, -0.2) is 85.5 Å². The van der Waals surface area contributed by atoms with E-state index in [1.165, 1.54) is 0 Å². The van der Waals surface area contributed by atoms with Gasteiger partial charge in [0.15, 0.2) is 5.76 Å². The lowest BCUT2D eigenvalue weighted by atomic mass is 10.1. The summed E-state index contributed by atoms with van der Waals surface area (Å²) in [6, 6.07) is 9.86. The SMILES string of the molecule is CNCCN(c1ncc(-c2cccc(Nc3nccc(N4CCN(C)CC4)n3)c2)o1)C(C)C=O. The molecule has 1 saturated heterocycles. The average Bonchev–Trinajstić information content (AvgIpc) is 3.35. The Hall–Kier alpha value is -3.50. The second kappa shape index (κ2) is 11.1. The minimum atomic E-state index is -0.336. The molecule has 0 bridgehead atoms. The summed E-state index contributed by atoms with van der Waals surface area (Å²) in [4.78, 5) is 31.3. The lowest BCUT2D eigenvalue weighted by molar-refractivity contribution is -0.108. The minimum absolute atomic E-state index is 0.336. The van der Waals surface area contributed by atoms with Crippen molar-refractivity contribution in [3.63, 3.8) is 0 Å². The van der Waals surface area contributed by atoms with Crippen LogP contribution in [0.4, 0.5) is 23.5 Å². The van der Waals surface area contributed by atoms with Crippen molar-refractivity contribution in [3.8, 4) is 11.3 Å². The Labute approximate surface area is 200 Å². The molecule has 2 N–H and O–H groups in total. The predicted octanol–water partition coefficient (Wildman–Crippen LogP) is 2.24. The zero-order valence-corrected chi connectivity index (χ0v) is 19.9. The van der Waals surface area contributed by atoms with Crippen LogP contribution in [0.25, 0.3) is 11.3 Å². The molecule has 2 aromatic heterocycles. The number of piperazine rings is 1. The van der Waals surface area contributed by atoms with E-state index < -0.39 is 0 Å². The first-order chi connectivity index (χ1) is 16.6. The largest absolute Gasteiger partial charge is 0.423 e. The molecule has 180 valence electrons. The average molecular weight is 465 g/mol. The van der Waals surface area contributed by atoms with Crippen LogP contribution in [0.2, 0.25) is 0 Å². The third-order valence-electron chi connectivity index (χ3n) is 5.90. The molecular weight excluding hydrogens is 432 g/mol. The van der Waals surface area contributed by atoms with Crippen LogP contribution < -0.4 is 20.4 Å². The fraction of sp³-hybridized carbons (Fsp3) is 0.417. The number of benzene rings is 1. The van der Waals surface area contributed by atoms with Gasteiger partial charge in [0.05, 0.1) is 12.2 Å². The monoisotopic (exact) mass is 464 g/mol. The zero-order chi connectivity index (χ0) is 23.9. The molecule has 34 heavy (non-hydrogen) atoms. The Bertz CT molecular complexity index is 1080. The first-order valence-corrected chi connectivity index (χ1v) is 11.5. The molecule has 10 nitrogen and oxygen atoms in total. The van der Waals surface area contributed by atoms with Gasteiger partial charge in [-0.1, -0.05) is 12.1 Å². The number of likely N-dealkylation sites (N-methyl/N-ethyl adjacent to an activating group) is 2. The summed E-state index contributed by atoms with van der Waals surface area (Å²) in [5.41, 5.74) is 1.71. The second-order valence-electron chi connectivity index (χ2n) is 8.42. The molecular formula is C24H32N8O2. The molecule has 0 spiro atoms. The van der Waals surface area contributed by atoms with Crippen molar-refractivity contribution in [1.29, 1.82) is 0 Å². The fourth-order valence-corrected chi connectivity index (χ4v) is 3.81. The number of carbonyl (C=O) groups excluding carboxylic acids is 1. The molecule has 10 heteroatoms. The van der Waals surface area contributed by atoms with Crippen LogP contribution in [0.15, 0.2) is 47.1 Å². The second-order valence-corrected chi connectivity index (χ2v) is 8.42. The van der Waals surface area contributed by atoms with E-state index in [9.17, 15) is 4.79 Å². The third-order valence-corrected chi connectivity index (χ3v) is 5.90. The van der Waals surface area contributed by atoms with E-state index in [4.69, 9.17) is 9.40 Å². The van der Waals surface area contributed by atoms with E-state index in [1.807, 2.05) is 49.2 Å². The van der Waals surface area contributed by atoms with E-state index in [1.54, 1.807) is 12.4 Å². The zero-order valence-electron chi connectivity index (χ0n) is 19.9. The summed E-state index contributed by atoms with van der Waals surface area (Å²) in [7, 11) is 4.01. The van der Waals surface area contributed by atoms with Gasteiger partial charge in [-0.15, -0.1) is 0 Å². The van der Waals surface area contributed by atoms with Gasteiger partial charge in [-0.05, 0) is 39.2 Å². The van der Waals surface area contributed by atoms with Gasteiger partial charge in [-0.3, -0.25) is 0 Å². The highest BCUT2D eigenvalue weighted by atomic mass is 16.4. The Morgan fingerprint density at radius 2 is 2.03 bits per heavy atom. The lowest BCUT2D eigenvalue weighted by Gasteiger charge is -2.33. The molecule has 0 amide bonds. The first kappa shape index (κ1) is 23.7. The van der Waals surface area contributed by atoms with E-state index in [2.05, 4.69) is 37.4 Å². The highest BCUT2D eigenvalue weighted by Gasteiger charge is 2.19. The van der Waals surface area contributed by atoms with Crippen molar-refractivity contribution >= 4 is 29.8 Å². The molecule has 1 atom stereocenters. The molecule has 1 aromatic carbocycles. The Kier molecular flexibility index (Phi) is 7.71. The molecule has 0 radical (unpaired) electrons. The molecule has 3 aromatic rings. The van der Waals surface area contributed by atoms with Gasteiger partial charge in [0.25, 0.3) is 6.01 Å². The van der Waals surface area contributed by atoms with Crippen LogP contribution in [0.5, 0.6) is 0 Å². The van der Waals surface area contributed by atoms with Crippen LogP contribution in [0.1, 0.15) is 6.92 Å². The summed E-state index contributed by atoms with van der Waals surface area (Å²) >= 11 is 0. The van der Waals surface area contributed by atoms with Crippen LogP contribution >= 0.6 is 0 Å². The van der Waals surface area contributed by atoms with Gasteiger partial charge in [-0.2, -0.15) is 4.98 Å². The van der Waals surface area contributed by atoms with Crippen LogP contribution in [0.3, 0.4) is 0 Å². The predicted molar refractivity (Wildman–Crippen MR) is 134 cm³/mol. The highest BCUT2D eigenvalue weighted by Crippen LogP contribution is 2.28. The topological polar surface area (TPSA) is 103 Å². The van der Waals surface area contributed by atoms with Gasteiger partial charge in [0, 0.05) is 56.7 Å². The number of aromatic nitrogens is 3. The van der Waals surface area contributed by atoms with Crippen molar-refractivity contribution < 1.29 is 9.21 Å². The molecule has 0 aliphatic carbocycles. The quantitative estimate of drug-likeness (QED) is 0.434. The molecule has 1 unspecified atom stereocenters. The molecule has 4 rings (SSSR count). The molecule has 0 saturated carbocycles. The summed E-state index contributed by atoms with van der Waals surface area (Å²) in [6.45, 7) is 7.08. The van der Waals surface area contributed by atoms with Crippen molar-refractivity contribution in [1.82, 2.24) is 25.2 Å². The fourth-order valence-electron chi connectivity index (χ4n) is 3.81. The van der Waals surface area contributed by atoms with E-state index in [0.717, 1.165) is 49.5 Å². The van der Waals surface area contributed by atoms with Crippen molar-refractivity contribution in [2.75, 3.05) is 68.5 Å². The van der Waals surface area contributed by atoms with Gasteiger partial charge < -0.3 is 34.5 Å². The third kappa shape index (κ3) is 5.70. The number of aldehydes is 1. The maximum atomic E-state index is 11.4. The number of hydrogen-bond donors (Lipinski definition) is 2. The number of hydrogen-bond acceptors (Lipinski definition) is 10. The Balaban J connectivity index is 1.49. The summed E-state index contributed by atoms with van der Waals surface area (Å²) in [5.74, 6) is 2.09. The first-order valence-electron chi connectivity index (χ1n) is 11.5. The highest BCUT2D eigenvalue weighted by molar-refractivity contribution is 5.67. The summed E-state index contributed by atoms with van der Waals surface area (Å²) in [6.07, 6.45) is 4.35. The van der Waals surface area contributed by atoms with E-state index >= 15 is 0 Å². The Morgan fingerprint density at radius 1 is 1.21 bits per heavy atom. The maximum absolute atomic E-state index is 11.4. The summed E-state index contributed by atoms with van der Waals surface area (Å²) < 4.78 is 6.02. The smallest absolute Gasteiger partial charge is 0.298 e. The number of rotatable bonds is 10. The number of anilines is 4. The molecule has 1 aliphatic heterocycles. The molecule has 3 heterocycles. The lowest BCUT2D eigenvalue weighted by Crippen LogP contribution is -2.44. The molecule has 1 aliphatic rings. The summed E-state index contributed by atoms with van der Waals surface area (Å²) in [5, 5.41) is 6.39. The van der Waals surface area contributed by atoms with Crippen LogP contribution in [0, 0.1) is 0 Å². The van der Waals surface area contributed by atoms with Crippen molar-refractivity contribution in [2.45, 2.75) is 13.0 Å². The van der Waals surface area contributed by atoms with E-state index in [-0.39, 0.29) is 6.04 Å². The normalized spacial score (nSPS) is 15.2. The number of oxazole rings is 1. The van der Waals surface area contributed by atoms with Crippen molar-refractivity contribution in [3.05, 3.63) is 42.7 Å². The van der Waals surface area contributed by atoms with Gasteiger partial charge in [0.1, 0.15) is 12.1 Å². The minimum Gasteiger partial charge on any atom is -0.423 e. The van der Waals surface area contributed by atoms with Gasteiger partial charge in [-0.25, -0.2) is 9.97 Å². The number of nitrogens with zero attached hydrogens (tertiary/aromatic N) is 6. The van der Waals surface area contributed by atoms with Gasteiger partial charge >= 0.3 is 0 Å². The van der Waals surface area contributed by atoms with Crippen molar-refractivity contribution in [2.24, 2.45) is 0 Å².